The van der Waals surface area contributed by atoms with E-state index in [1.165, 1.54) is 5.56 Å². The molecule has 0 aromatic heterocycles. The molecule has 3 aromatic carbocycles. The molecular formula is C30H34N4O4. The summed E-state index contributed by atoms with van der Waals surface area (Å²) in [5, 5.41) is 5.82. The van der Waals surface area contributed by atoms with E-state index in [1.807, 2.05) is 42.5 Å². The maximum absolute atomic E-state index is 12.9. The normalized spacial score (nSPS) is 13.1. The molecule has 0 radical (unpaired) electrons. The number of aryl methyl sites for hydroxylation is 1. The van der Waals surface area contributed by atoms with Crippen LogP contribution in [0.3, 0.4) is 0 Å². The molecule has 3 aromatic rings. The van der Waals surface area contributed by atoms with Crippen LogP contribution in [0.15, 0.2) is 78.9 Å². The third-order valence-electron chi connectivity index (χ3n) is 6.46. The van der Waals surface area contributed by atoms with Gasteiger partial charge in [0.15, 0.2) is 0 Å². The van der Waals surface area contributed by atoms with Crippen molar-refractivity contribution >= 4 is 35.0 Å². The number of amides is 3. The highest BCUT2D eigenvalue weighted by Crippen LogP contribution is 2.21. The fraction of sp³-hybridized carbons (Fsp3) is 0.300. The molecule has 38 heavy (non-hydrogen) atoms. The van der Waals surface area contributed by atoms with Crippen molar-refractivity contribution in [2.24, 2.45) is 0 Å². The van der Waals surface area contributed by atoms with Crippen molar-refractivity contribution in [3.8, 4) is 0 Å². The summed E-state index contributed by atoms with van der Waals surface area (Å²) in [5.41, 5.74) is 3.83. The molecule has 8 nitrogen and oxygen atoms in total. The second-order valence-corrected chi connectivity index (χ2v) is 9.10. The summed E-state index contributed by atoms with van der Waals surface area (Å²) in [5.74, 6) is -0.446. The number of carbonyl (C=O) groups excluding carboxylic acids is 3. The number of benzene rings is 3. The van der Waals surface area contributed by atoms with Gasteiger partial charge < -0.3 is 25.2 Å². The van der Waals surface area contributed by atoms with E-state index in [4.69, 9.17) is 4.74 Å². The van der Waals surface area contributed by atoms with Crippen LogP contribution < -0.4 is 15.5 Å². The number of hydrogen-bond acceptors (Lipinski definition) is 5. The molecule has 8 heteroatoms. The van der Waals surface area contributed by atoms with E-state index in [9.17, 15) is 14.4 Å². The Balaban J connectivity index is 1.23. The van der Waals surface area contributed by atoms with Gasteiger partial charge in [-0.25, -0.2) is 9.59 Å². The molecule has 1 aliphatic rings. The molecule has 0 spiro atoms. The number of anilines is 3. The Kier molecular flexibility index (Phi) is 9.34. The SMILES string of the molecule is CCOC(=O)c1ccccc1NC(=O)N1CCN(c2ccc(NC(=O)CCCc3ccccc3)cc2)CC1. The Morgan fingerprint density at radius 2 is 1.50 bits per heavy atom. The van der Waals surface area contributed by atoms with Crippen LogP contribution in [-0.2, 0) is 16.0 Å². The van der Waals surface area contributed by atoms with Crippen LogP contribution in [0.25, 0.3) is 0 Å². The third-order valence-corrected chi connectivity index (χ3v) is 6.46. The number of urea groups is 1. The van der Waals surface area contributed by atoms with Crippen molar-refractivity contribution in [2.45, 2.75) is 26.2 Å². The number of para-hydroxylation sites is 1. The highest BCUT2D eigenvalue weighted by molar-refractivity contribution is 6.00. The van der Waals surface area contributed by atoms with Crippen molar-refractivity contribution in [3.05, 3.63) is 90.0 Å². The summed E-state index contributed by atoms with van der Waals surface area (Å²) in [4.78, 5) is 41.3. The van der Waals surface area contributed by atoms with Crippen LogP contribution in [0.2, 0.25) is 0 Å². The van der Waals surface area contributed by atoms with E-state index < -0.39 is 5.97 Å². The zero-order valence-electron chi connectivity index (χ0n) is 21.7. The van der Waals surface area contributed by atoms with Crippen molar-refractivity contribution in [2.75, 3.05) is 48.3 Å². The molecule has 0 aliphatic carbocycles. The molecule has 0 atom stereocenters. The summed E-state index contributed by atoms with van der Waals surface area (Å²) in [6.07, 6.45) is 2.17. The Morgan fingerprint density at radius 1 is 0.816 bits per heavy atom. The Labute approximate surface area is 223 Å². The molecule has 1 fully saturated rings. The van der Waals surface area contributed by atoms with Gasteiger partial charge in [-0.2, -0.15) is 0 Å². The average Bonchev–Trinajstić information content (AvgIpc) is 2.94. The topological polar surface area (TPSA) is 91.0 Å². The summed E-state index contributed by atoms with van der Waals surface area (Å²) >= 11 is 0. The second-order valence-electron chi connectivity index (χ2n) is 9.10. The number of nitrogens with zero attached hydrogens (tertiary/aromatic N) is 2. The zero-order chi connectivity index (χ0) is 26.7. The van der Waals surface area contributed by atoms with Gasteiger partial charge in [0.05, 0.1) is 17.9 Å². The lowest BCUT2D eigenvalue weighted by Crippen LogP contribution is -2.50. The quantitative estimate of drug-likeness (QED) is 0.384. The second kappa shape index (κ2) is 13.3. The maximum Gasteiger partial charge on any atom is 0.340 e. The maximum atomic E-state index is 12.9. The number of hydrogen-bond donors (Lipinski definition) is 2. The zero-order valence-corrected chi connectivity index (χ0v) is 21.7. The van der Waals surface area contributed by atoms with E-state index in [2.05, 4.69) is 27.7 Å². The first-order valence-corrected chi connectivity index (χ1v) is 13.0. The van der Waals surface area contributed by atoms with Crippen LogP contribution in [0.4, 0.5) is 21.9 Å². The van der Waals surface area contributed by atoms with Crippen LogP contribution in [0, 0.1) is 0 Å². The van der Waals surface area contributed by atoms with Crippen molar-refractivity contribution in [3.63, 3.8) is 0 Å². The third kappa shape index (κ3) is 7.35. The minimum atomic E-state index is -0.458. The van der Waals surface area contributed by atoms with E-state index in [0.29, 0.717) is 43.9 Å². The summed E-state index contributed by atoms with van der Waals surface area (Å²) in [7, 11) is 0. The summed E-state index contributed by atoms with van der Waals surface area (Å²) in [6.45, 7) is 4.47. The van der Waals surface area contributed by atoms with E-state index in [-0.39, 0.29) is 18.5 Å². The minimum Gasteiger partial charge on any atom is -0.462 e. The molecule has 0 unspecified atom stereocenters. The van der Waals surface area contributed by atoms with Crippen LogP contribution in [-0.4, -0.2) is 55.6 Å². The minimum absolute atomic E-state index is 0.0119. The van der Waals surface area contributed by atoms with Gasteiger partial charge in [0.25, 0.3) is 0 Å². The lowest BCUT2D eigenvalue weighted by molar-refractivity contribution is -0.116. The molecule has 198 valence electrons. The van der Waals surface area contributed by atoms with E-state index >= 15 is 0 Å². The molecule has 0 bridgehead atoms. The highest BCUT2D eigenvalue weighted by atomic mass is 16.5. The van der Waals surface area contributed by atoms with Gasteiger partial charge in [0.1, 0.15) is 0 Å². The highest BCUT2D eigenvalue weighted by Gasteiger charge is 2.23. The fourth-order valence-corrected chi connectivity index (χ4v) is 4.42. The molecule has 4 rings (SSSR count). The first-order valence-electron chi connectivity index (χ1n) is 13.0. The number of nitrogens with one attached hydrogen (secondary N) is 2. The standard InChI is InChI=1S/C30H34N4O4/c1-2-38-29(36)26-12-6-7-13-27(26)32-30(37)34-21-19-33(20-22-34)25-17-15-24(16-18-25)31-28(35)14-8-11-23-9-4-3-5-10-23/h3-7,9-10,12-13,15-18H,2,8,11,14,19-22H2,1H3,(H,31,35)(H,32,37). The molecule has 2 N–H and O–H groups in total. The Hall–Kier alpha value is -4.33. The summed E-state index contributed by atoms with van der Waals surface area (Å²) < 4.78 is 5.09. The van der Waals surface area contributed by atoms with Gasteiger partial charge in [0, 0.05) is 44.0 Å². The summed E-state index contributed by atoms with van der Waals surface area (Å²) in [6, 6.07) is 24.6. The monoisotopic (exact) mass is 514 g/mol. The predicted molar refractivity (Wildman–Crippen MR) is 150 cm³/mol. The first-order chi connectivity index (χ1) is 18.5. The Bertz CT molecular complexity index is 1220. The van der Waals surface area contributed by atoms with Crippen LogP contribution in [0.5, 0.6) is 0 Å². The number of rotatable bonds is 9. The predicted octanol–water partition coefficient (Wildman–Crippen LogP) is 5.18. The van der Waals surface area contributed by atoms with Crippen LogP contribution >= 0.6 is 0 Å². The van der Waals surface area contributed by atoms with E-state index in [0.717, 1.165) is 24.2 Å². The molecular weight excluding hydrogens is 480 g/mol. The molecule has 3 amide bonds. The van der Waals surface area contributed by atoms with Crippen molar-refractivity contribution < 1.29 is 19.1 Å². The number of carbonyl (C=O) groups is 3. The molecule has 1 saturated heterocycles. The smallest absolute Gasteiger partial charge is 0.340 e. The van der Waals surface area contributed by atoms with Crippen molar-refractivity contribution in [1.82, 2.24) is 4.90 Å². The number of ether oxygens (including phenoxy) is 1. The lowest BCUT2D eigenvalue weighted by atomic mass is 10.1. The number of piperazine rings is 1. The average molecular weight is 515 g/mol. The van der Waals surface area contributed by atoms with E-state index in [1.54, 1.807) is 36.1 Å². The van der Waals surface area contributed by atoms with Gasteiger partial charge >= 0.3 is 12.0 Å². The lowest BCUT2D eigenvalue weighted by Gasteiger charge is -2.36. The first kappa shape index (κ1) is 26.7. The number of esters is 1. The van der Waals surface area contributed by atoms with Gasteiger partial charge in [0.2, 0.25) is 5.91 Å². The molecule has 1 aliphatic heterocycles. The largest absolute Gasteiger partial charge is 0.462 e. The van der Waals surface area contributed by atoms with Gasteiger partial charge in [-0.3, -0.25) is 4.79 Å². The fourth-order valence-electron chi connectivity index (χ4n) is 4.42. The van der Waals surface area contributed by atoms with Crippen LogP contribution in [0.1, 0.15) is 35.7 Å². The van der Waals surface area contributed by atoms with Gasteiger partial charge in [-0.1, -0.05) is 42.5 Å². The molecule has 0 saturated carbocycles. The van der Waals surface area contributed by atoms with Crippen molar-refractivity contribution in [1.29, 1.82) is 0 Å². The van der Waals surface area contributed by atoms with Gasteiger partial charge in [-0.05, 0) is 61.7 Å². The van der Waals surface area contributed by atoms with Gasteiger partial charge in [-0.15, -0.1) is 0 Å². The molecule has 1 heterocycles. The Morgan fingerprint density at radius 3 is 2.21 bits per heavy atom.